The van der Waals surface area contributed by atoms with Crippen molar-refractivity contribution in [2.24, 2.45) is 10.9 Å². The third-order valence-electron chi connectivity index (χ3n) is 3.99. The van der Waals surface area contributed by atoms with Crippen LogP contribution < -0.4 is 10.6 Å². The number of likely N-dealkylation sites (N-methyl/N-ethyl adjacent to an activating group) is 1. The standard InChI is InChI=1S/C16H35N5.HI/c1-15(2)7-9-19-16(17-3)18-8-5-11-21-12-6-10-20(4)13-14-21;/h15H,5-14H2,1-4H3,(H2,17,18,19);1H. The number of guanidine groups is 1. The third-order valence-corrected chi connectivity index (χ3v) is 3.99. The topological polar surface area (TPSA) is 42.9 Å². The van der Waals surface area contributed by atoms with Crippen LogP contribution in [0.2, 0.25) is 0 Å². The van der Waals surface area contributed by atoms with Gasteiger partial charge in [0.2, 0.25) is 0 Å². The Morgan fingerprint density at radius 1 is 1.09 bits per heavy atom. The average Bonchev–Trinajstić information content (AvgIpc) is 2.66. The van der Waals surface area contributed by atoms with Gasteiger partial charge in [-0.15, -0.1) is 24.0 Å². The molecule has 1 fully saturated rings. The van der Waals surface area contributed by atoms with Crippen molar-refractivity contribution < 1.29 is 0 Å². The Morgan fingerprint density at radius 3 is 2.50 bits per heavy atom. The molecule has 0 spiro atoms. The Morgan fingerprint density at radius 2 is 1.82 bits per heavy atom. The molecular weight excluding hydrogens is 389 g/mol. The van der Waals surface area contributed by atoms with Gasteiger partial charge < -0.3 is 20.4 Å². The predicted octanol–water partition coefficient (Wildman–Crippen LogP) is 1.84. The van der Waals surface area contributed by atoms with Crippen molar-refractivity contribution in [1.29, 1.82) is 0 Å². The highest BCUT2D eigenvalue weighted by atomic mass is 127. The minimum atomic E-state index is 0. The van der Waals surface area contributed by atoms with E-state index in [1.807, 2.05) is 7.05 Å². The molecule has 1 rings (SSSR count). The van der Waals surface area contributed by atoms with E-state index in [1.165, 1.54) is 52.0 Å². The molecule has 0 saturated carbocycles. The largest absolute Gasteiger partial charge is 0.356 e. The van der Waals surface area contributed by atoms with Gasteiger partial charge in [-0.25, -0.2) is 0 Å². The molecule has 0 radical (unpaired) electrons. The van der Waals surface area contributed by atoms with E-state index in [2.05, 4.69) is 46.3 Å². The summed E-state index contributed by atoms with van der Waals surface area (Å²) in [5, 5.41) is 6.78. The van der Waals surface area contributed by atoms with E-state index in [0.717, 1.165) is 25.0 Å². The van der Waals surface area contributed by atoms with E-state index in [0.29, 0.717) is 0 Å². The molecule has 6 heteroatoms. The van der Waals surface area contributed by atoms with Gasteiger partial charge in [0, 0.05) is 33.2 Å². The average molecular weight is 425 g/mol. The third kappa shape index (κ3) is 10.6. The molecule has 132 valence electrons. The summed E-state index contributed by atoms with van der Waals surface area (Å²) in [6.45, 7) is 12.6. The first-order valence-electron chi connectivity index (χ1n) is 8.47. The van der Waals surface area contributed by atoms with E-state index < -0.39 is 0 Å². The molecule has 0 aromatic rings. The number of nitrogens with zero attached hydrogens (tertiary/aromatic N) is 3. The normalized spacial score (nSPS) is 18.0. The second-order valence-corrected chi connectivity index (χ2v) is 6.46. The van der Waals surface area contributed by atoms with Crippen LogP contribution in [-0.4, -0.2) is 75.7 Å². The summed E-state index contributed by atoms with van der Waals surface area (Å²) in [7, 11) is 4.06. The van der Waals surface area contributed by atoms with Gasteiger partial charge in [-0.3, -0.25) is 4.99 Å². The molecule has 0 aromatic carbocycles. The van der Waals surface area contributed by atoms with Gasteiger partial charge in [-0.1, -0.05) is 13.8 Å². The quantitative estimate of drug-likeness (QED) is 0.283. The SMILES string of the molecule is CN=C(NCCCN1CCCN(C)CC1)NCCC(C)C.I. The van der Waals surface area contributed by atoms with Crippen LogP contribution in [0.5, 0.6) is 0 Å². The lowest BCUT2D eigenvalue weighted by Crippen LogP contribution is -2.39. The van der Waals surface area contributed by atoms with Crippen LogP contribution in [0.1, 0.15) is 33.1 Å². The number of halogens is 1. The van der Waals surface area contributed by atoms with Crippen molar-refractivity contribution in [1.82, 2.24) is 20.4 Å². The van der Waals surface area contributed by atoms with Crippen LogP contribution in [0, 0.1) is 5.92 Å². The Labute approximate surface area is 154 Å². The molecule has 5 nitrogen and oxygen atoms in total. The predicted molar refractivity (Wildman–Crippen MR) is 107 cm³/mol. The minimum Gasteiger partial charge on any atom is -0.356 e. The molecule has 0 aliphatic carbocycles. The van der Waals surface area contributed by atoms with Gasteiger partial charge in [0.25, 0.3) is 0 Å². The second-order valence-electron chi connectivity index (χ2n) is 6.46. The summed E-state index contributed by atoms with van der Waals surface area (Å²) in [5.74, 6) is 1.67. The molecule has 1 saturated heterocycles. The van der Waals surface area contributed by atoms with Crippen molar-refractivity contribution in [2.45, 2.75) is 33.1 Å². The molecule has 0 unspecified atom stereocenters. The molecular formula is C16H36IN5. The van der Waals surface area contributed by atoms with Crippen molar-refractivity contribution in [3.63, 3.8) is 0 Å². The molecule has 0 bridgehead atoms. The first-order chi connectivity index (χ1) is 10.1. The molecule has 0 aromatic heterocycles. The maximum Gasteiger partial charge on any atom is 0.190 e. The summed E-state index contributed by atoms with van der Waals surface area (Å²) in [6, 6.07) is 0. The van der Waals surface area contributed by atoms with Gasteiger partial charge in [0.05, 0.1) is 0 Å². The Balaban J connectivity index is 0.00000441. The Bertz CT molecular complexity index is 296. The van der Waals surface area contributed by atoms with E-state index in [-0.39, 0.29) is 24.0 Å². The van der Waals surface area contributed by atoms with Crippen LogP contribution in [0.4, 0.5) is 0 Å². The smallest absolute Gasteiger partial charge is 0.190 e. The first kappa shape index (κ1) is 21.9. The maximum absolute atomic E-state index is 4.27. The number of hydrogen-bond donors (Lipinski definition) is 2. The lowest BCUT2D eigenvalue weighted by atomic mass is 10.1. The van der Waals surface area contributed by atoms with E-state index in [4.69, 9.17) is 0 Å². The number of nitrogens with one attached hydrogen (secondary N) is 2. The van der Waals surface area contributed by atoms with Crippen molar-refractivity contribution >= 4 is 29.9 Å². The van der Waals surface area contributed by atoms with E-state index in [1.54, 1.807) is 0 Å². The van der Waals surface area contributed by atoms with Crippen LogP contribution in [0.3, 0.4) is 0 Å². The molecule has 1 aliphatic heterocycles. The van der Waals surface area contributed by atoms with Crippen LogP contribution in [0.25, 0.3) is 0 Å². The molecule has 0 atom stereocenters. The fourth-order valence-electron chi connectivity index (χ4n) is 2.53. The van der Waals surface area contributed by atoms with Gasteiger partial charge in [0.1, 0.15) is 0 Å². The number of rotatable bonds is 7. The summed E-state index contributed by atoms with van der Waals surface area (Å²) in [5.41, 5.74) is 0. The van der Waals surface area contributed by atoms with E-state index >= 15 is 0 Å². The van der Waals surface area contributed by atoms with Crippen molar-refractivity contribution in [3.8, 4) is 0 Å². The van der Waals surface area contributed by atoms with Crippen LogP contribution in [0.15, 0.2) is 4.99 Å². The summed E-state index contributed by atoms with van der Waals surface area (Å²) in [6.07, 6.45) is 3.65. The zero-order chi connectivity index (χ0) is 15.5. The first-order valence-corrected chi connectivity index (χ1v) is 8.47. The van der Waals surface area contributed by atoms with Gasteiger partial charge >= 0.3 is 0 Å². The summed E-state index contributed by atoms with van der Waals surface area (Å²) in [4.78, 5) is 9.28. The number of aliphatic imine (C=N–C) groups is 1. The molecule has 22 heavy (non-hydrogen) atoms. The summed E-state index contributed by atoms with van der Waals surface area (Å²) >= 11 is 0. The zero-order valence-corrected chi connectivity index (χ0v) is 17.2. The van der Waals surface area contributed by atoms with Gasteiger partial charge in [0.15, 0.2) is 5.96 Å². The lowest BCUT2D eigenvalue weighted by Gasteiger charge is -2.20. The monoisotopic (exact) mass is 425 g/mol. The Hall–Kier alpha value is -0.0800. The zero-order valence-electron chi connectivity index (χ0n) is 14.9. The fourth-order valence-corrected chi connectivity index (χ4v) is 2.53. The molecule has 1 heterocycles. The fraction of sp³-hybridized carbons (Fsp3) is 0.938. The van der Waals surface area contributed by atoms with E-state index in [9.17, 15) is 0 Å². The molecule has 1 aliphatic rings. The lowest BCUT2D eigenvalue weighted by molar-refractivity contribution is 0.274. The minimum absolute atomic E-state index is 0. The highest BCUT2D eigenvalue weighted by molar-refractivity contribution is 14.0. The van der Waals surface area contributed by atoms with Gasteiger partial charge in [-0.2, -0.15) is 0 Å². The molecule has 0 amide bonds. The van der Waals surface area contributed by atoms with Crippen molar-refractivity contribution in [3.05, 3.63) is 0 Å². The van der Waals surface area contributed by atoms with Crippen LogP contribution in [-0.2, 0) is 0 Å². The van der Waals surface area contributed by atoms with Crippen molar-refractivity contribution in [2.75, 3.05) is 59.9 Å². The second kappa shape index (κ2) is 13.4. The highest BCUT2D eigenvalue weighted by Gasteiger charge is 2.11. The summed E-state index contributed by atoms with van der Waals surface area (Å²) < 4.78 is 0. The van der Waals surface area contributed by atoms with Crippen LogP contribution >= 0.6 is 24.0 Å². The number of hydrogen-bond acceptors (Lipinski definition) is 3. The Kier molecular flexibility index (Phi) is 13.3. The maximum atomic E-state index is 4.27. The van der Waals surface area contributed by atoms with Gasteiger partial charge in [-0.05, 0) is 51.9 Å². The highest BCUT2D eigenvalue weighted by Crippen LogP contribution is 2.01. The molecule has 2 N–H and O–H groups in total.